The Labute approximate surface area is 152 Å². The van der Waals surface area contributed by atoms with Gasteiger partial charge in [0.2, 0.25) is 0 Å². The van der Waals surface area contributed by atoms with E-state index in [9.17, 15) is 18.0 Å². The molecule has 2 N–H and O–H groups in total. The molecule has 8 heteroatoms. The third-order valence-corrected chi connectivity index (χ3v) is 3.92. The highest BCUT2D eigenvalue weighted by molar-refractivity contribution is 8.00. The summed E-state index contributed by atoms with van der Waals surface area (Å²) in [5, 5.41) is 3.75. The summed E-state index contributed by atoms with van der Waals surface area (Å²) in [6, 6.07) is 15.9. The van der Waals surface area contributed by atoms with Gasteiger partial charge in [0.15, 0.2) is 0 Å². The van der Waals surface area contributed by atoms with Crippen LogP contribution < -0.4 is 5.73 Å². The summed E-state index contributed by atoms with van der Waals surface area (Å²) in [5.41, 5.74) is 3.06. The number of halogens is 3. The van der Waals surface area contributed by atoms with Gasteiger partial charge in [-0.1, -0.05) is 42.5 Å². The summed E-state index contributed by atoms with van der Waals surface area (Å²) in [7, 11) is 1.73. The van der Waals surface area contributed by atoms with Crippen molar-refractivity contribution in [3.63, 3.8) is 0 Å². The highest BCUT2D eigenvalue weighted by Crippen LogP contribution is 2.37. The van der Waals surface area contributed by atoms with Gasteiger partial charge < -0.3 is 5.73 Å². The summed E-state index contributed by atoms with van der Waals surface area (Å²) < 4.78 is 37.9. The second kappa shape index (κ2) is 8.57. The summed E-state index contributed by atoms with van der Waals surface area (Å²) >= 11 is -0.0954. The maximum Gasteiger partial charge on any atom is 0.446 e. The van der Waals surface area contributed by atoms with Gasteiger partial charge in [0.1, 0.15) is 0 Å². The number of carbonyl (C=O) groups is 1. The summed E-state index contributed by atoms with van der Waals surface area (Å²) in [4.78, 5) is 10.6. The molecule has 1 amide bonds. The van der Waals surface area contributed by atoms with Crippen LogP contribution in [0.25, 0.3) is 11.1 Å². The second-order valence-corrected chi connectivity index (χ2v) is 6.34. The Hall–Kier alpha value is -2.74. The van der Waals surface area contributed by atoms with E-state index in [0.29, 0.717) is 5.56 Å². The van der Waals surface area contributed by atoms with Crippen LogP contribution in [-0.2, 0) is 7.05 Å². The third kappa shape index (κ3) is 6.29. The third-order valence-electron chi connectivity index (χ3n) is 3.18. The lowest BCUT2D eigenvalue weighted by atomic mass is 10.1. The van der Waals surface area contributed by atoms with E-state index in [0.717, 1.165) is 11.1 Å². The maximum absolute atomic E-state index is 12.1. The van der Waals surface area contributed by atoms with Gasteiger partial charge in [-0.15, -0.1) is 0 Å². The van der Waals surface area contributed by atoms with Crippen LogP contribution in [0.1, 0.15) is 10.4 Å². The van der Waals surface area contributed by atoms with Crippen molar-refractivity contribution in [1.29, 1.82) is 0 Å². The molecule has 1 heterocycles. The van der Waals surface area contributed by atoms with Gasteiger partial charge in [-0.05, 0) is 35.0 Å². The lowest BCUT2D eigenvalue weighted by Gasteiger charge is -2.06. The molecular weight excluding hydrogens is 363 g/mol. The van der Waals surface area contributed by atoms with E-state index in [-0.39, 0.29) is 16.7 Å². The zero-order chi connectivity index (χ0) is 19.2. The number of rotatable bonds is 3. The van der Waals surface area contributed by atoms with Crippen LogP contribution in [0.2, 0.25) is 0 Å². The van der Waals surface area contributed by atoms with Gasteiger partial charge in [-0.3, -0.25) is 9.48 Å². The van der Waals surface area contributed by atoms with Crippen LogP contribution in [-0.4, -0.2) is 21.2 Å². The van der Waals surface area contributed by atoms with Crippen molar-refractivity contribution in [3.05, 3.63) is 72.6 Å². The minimum absolute atomic E-state index is 0.0954. The molecule has 0 atom stereocenters. The Morgan fingerprint density at radius 1 is 1.04 bits per heavy atom. The monoisotopic (exact) mass is 379 g/mol. The fourth-order valence-electron chi connectivity index (χ4n) is 2.03. The number of nitrogens with zero attached hydrogens (tertiary/aromatic N) is 2. The number of amides is 1. The standard InChI is InChI=1S/C13H9F3S.C5H7N3O/c14-13(15,16)17-12-8-6-11(7-9-12)10-4-2-1-3-5-10;1-8-3-4(2-7-8)5(6)9/h1-9H;2-3H,1H3,(H2,6,9). The topological polar surface area (TPSA) is 60.9 Å². The van der Waals surface area contributed by atoms with Gasteiger partial charge in [-0.2, -0.15) is 18.3 Å². The summed E-state index contributed by atoms with van der Waals surface area (Å²) in [6.45, 7) is 0. The number of aryl methyl sites for hydroxylation is 1. The van der Waals surface area contributed by atoms with Crippen LogP contribution in [0.5, 0.6) is 0 Å². The van der Waals surface area contributed by atoms with Crippen molar-refractivity contribution in [3.8, 4) is 11.1 Å². The number of benzene rings is 2. The molecule has 4 nitrogen and oxygen atoms in total. The quantitative estimate of drug-likeness (QED) is 0.683. The molecule has 0 saturated carbocycles. The highest BCUT2D eigenvalue weighted by Gasteiger charge is 2.28. The smallest absolute Gasteiger partial charge is 0.366 e. The van der Waals surface area contributed by atoms with Crippen molar-refractivity contribution in [2.75, 3.05) is 0 Å². The largest absolute Gasteiger partial charge is 0.446 e. The molecule has 0 aliphatic rings. The van der Waals surface area contributed by atoms with E-state index >= 15 is 0 Å². The Balaban J connectivity index is 0.000000228. The first-order valence-corrected chi connectivity index (χ1v) is 8.26. The Kier molecular flexibility index (Phi) is 6.46. The first-order valence-electron chi connectivity index (χ1n) is 7.44. The number of carbonyl (C=O) groups excluding carboxylic acids is 1. The summed E-state index contributed by atoms with van der Waals surface area (Å²) in [6.07, 6.45) is 3.00. The average molecular weight is 379 g/mol. The van der Waals surface area contributed by atoms with E-state index in [1.807, 2.05) is 30.3 Å². The van der Waals surface area contributed by atoms with Gasteiger partial charge >= 0.3 is 5.51 Å². The molecule has 3 aromatic rings. The predicted octanol–water partition coefficient (Wildman–Crippen LogP) is 4.48. The molecule has 26 heavy (non-hydrogen) atoms. The first kappa shape index (κ1) is 19.6. The van der Waals surface area contributed by atoms with Crippen LogP contribution >= 0.6 is 11.8 Å². The molecule has 0 saturated heterocycles. The van der Waals surface area contributed by atoms with E-state index in [4.69, 9.17) is 5.73 Å². The molecule has 2 aromatic carbocycles. The van der Waals surface area contributed by atoms with Crippen molar-refractivity contribution in [2.24, 2.45) is 12.8 Å². The van der Waals surface area contributed by atoms with Crippen molar-refractivity contribution in [1.82, 2.24) is 9.78 Å². The second-order valence-electron chi connectivity index (χ2n) is 5.21. The van der Waals surface area contributed by atoms with Crippen LogP contribution in [0.15, 0.2) is 71.9 Å². The first-order chi connectivity index (χ1) is 12.2. The van der Waals surface area contributed by atoms with Gasteiger partial charge in [-0.25, -0.2) is 0 Å². The molecule has 0 aliphatic carbocycles. The maximum atomic E-state index is 12.1. The van der Waals surface area contributed by atoms with Crippen molar-refractivity contribution in [2.45, 2.75) is 10.4 Å². The minimum Gasteiger partial charge on any atom is -0.366 e. The van der Waals surface area contributed by atoms with E-state index < -0.39 is 11.4 Å². The zero-order valence-electron chi connectivity index (χ0n) is 13.8. The molecule has 0 bridgehead atoms. The predicted molar refractivity (Wildman–Crippen MR) is 95.5 cm³/mol. The van der Waals surface area contributed by atoms with Crippen LogP contribution in [0.3, 0.4) is 0 Å². The van der Waals surface area contributed by atoms with Gasteiger partial charge in [0.05, 0.1) is 11.8 Å². The number of alkyl halides is 3. The fourth-order valence-corrected chi connectivity index (χ4v) is 2.57. The minimum atomic E-state index is -4.23. The van der Waals surface area contributed by atoms with Gasteiger partial charge in [0, 0.05) is 18.1 Å². The highest BCUT2D eigenvalue weighted by atomic mass is 32.2. The molecule has 3 rings (SSSR count). The summed E-state index contributed by atoms with van der Waals surface area (Å²) in [5.74, 6) is -0.442. The number of hydrogen-bond acceptors (Lipinski definition) is 3. The fraction of sp³-hybridized carbons (Fsp3) is 0.111. The lowest BCUT2D eigenvalue weighted by Crippen LogP contribution is -2.09. The van der Waals surface area contributed by atoms with Crippen LogP contribution in [0.4, 0.5) is 13.2 Å². The number of thioether (sulfide) groups is 1. The number of nitrogens with two attached hydrogens (primary N) is 1. The molecule has 0 aliphatic heterocycles. The molecule has 1 aromatic heterocycles. The molecular formula is C18H16F3N3OS. The zero-order valence-corrected chi connectivity index (χ0v) is 14.6. The molecule has 0 radical (unpaired) electrons. The van der Waals surface area contributed by atoms with E-state index in [2.05, 4.69) is 5.10 Å². The lowest BCUT2D eigenvalue weighted by molar-refractivity contribution is -0.0328. The normalized spacial score (nSPS) is 10.8. The molecule has 0 unspecified atom stereocenters. The molecule has 0 spiro atoms. The number of aromatic nitrogens is 2. The van der Waals surface area contributed by atoms with Crippen molar-refractivity contribution < 1.29 is 18.0 Å². The van der Waals surface area contributed by atoms with Crippen molar-refractivity contribution >= 4 is 17.7 Å². The Morgan fingerprint density at radius 2 is 1.62 bits per heavy atom. The SMILES string of the molecule is Cn1cc(C(N)=O)cn1.FC(F)(F)Sc1ccc(-c2ccccc2)cc1. The Morgan fingerprint density at radius 3 is 2.04 bits per heavy atom. The van der Waals surface area contributed by atoms with E-state index in [1.165, 1.54) is 23.0 Å². The average Bonchev–Trinajstić information content (AvgIpc) is 3.02. The number of primary amides is 1. The molecule has 136 valence electrons. The molecule has 0 fully saturated rings. The van der Waals surface area contributed by atoms with Gasteiger partial charge in [0.25, 0.3) is 5.91 Å². The van der Waals surface area contributed by atoms with E-state index in [1.54, 1.807) is 25.4 Å². The number of hydrogen-bond donors (Lipinski definition) is 1. The van der Waals surface area contributed by atoms with Crippen LogP contribution in [0, 0.1) is 0 Å². The Bertz CT molecular complexity index is 846.